The van der Waals surface area contributed by atoms with E-state index in [9.17, 15) is 4.79 Å². The van der Waals surface area contributed by atoms with Gasteiger partial charge in [0.1, 0.15) is 0 Å². The lowest BCUT2D eigenvalue weighted by Crippen LogP contribution is -2.47. The molecule has 1 aromatic heterocycles. The van der Waals surface area contributed by atoms with Crippen LogP contribution in [0.25, 0.3) is 0 Å². The minimum Gasteiger partial charge on any atom is -0.353 e. The third-order valence-electron chi connectivity index (χ3n) is 4.84. The summed E-state index contributed by atoms with van der Waals surface area (Å²) in [6.07, 6.45) is 5.36. The molecule has 1 aliphatic carbocycles. The Bertz CT molecular complexity index is 624. The van der Waals surface area contributed by atoms with Gasteiger partial charge in [0.25, 0.3) is 0 Å². The molecule has 130 valence electrons. The Balaban J connectivity index is 0.00000208. The lowest BCUT2D eigenvalue weighted by Gasteiger charge is -2.35. The van der Waals surface area contributed by atoms with Gasteiger partial charge < -0.3 is 11.1 Å². The Hall–Kier alpha value is -1.36. The molecular formula is C19H25ClN2OS. The number of nitrogens with two attached hydrogens (primary N) is 1. The van der Waals surface area contributed by atoms with Gasteiger partial charge in [-0.2, -0.15) is 0 Å². The Morgan fingerprint density at radius 3 is 2.46 bits per heavy atom. The number of thiophene rings is 1. The number of rotatable bonds is 5. The maximum atomic E-state index is 13.0. The fraction of sp³-hybridized carbons (Fsp3) is 0.421. The molecule has 0 bridgehead atoms. The first-order valence-corrected chi connectivity index (χ1v) is 9.23. The Morgan fingerprint density at radius 2 is 1.83 bits per heavy atom. The fourth-order valence-electron chi connectivity index (χ4n) is 3.48. The highest BCUT2D eigenvalue weighted by molar-refractivity contribution is 7.10. The van der Waals surface area contributed by atoms with E-state index >= 15 is 0 Å². The predicted molar refractivity (Wildman–Crippen MR) is 103 cm³/mol. The highest BCUT2D eigenvalue weighted by Crippen LogP contribution is 2.41. The van der Waals surface area contributed by atoms with Gasteiger partial charge in [0.2, 0.25) is 5.91 Å². The van der Waals surface area contributed by atoms with Crippen LogP contribution in [0.4, 0.5) is 0 Å². The highest BCUT2D eigenvalue weighted by Gasteiger charge is 2.41. The van der Waals surface area contributed by atoms with Gasteiger partial charge in [-0.05, 0) is 29.9 Å². The molecule has 1 aliphatic rings. The molecule has 1 unspecified atom stereocenters. The van der Waals surface area contributed by atoms with Crippen molar-refractivity contribution in [3.63, 3.8) is 0 Å². The largest absolute Gasteiger partial charge is 0.353 e. The van der Waals surface area contributed by atoms with E-state index in [4.69, 9.17) is 5.73 Å². The van der Waals surface area contributed by atoms with Crippen molar-refractivity contribution in [2.45, 2.75) is 43.6 Å². The quantitative estimate of drug-likeness (QED) is 0.835. The van der Waals surface area contributed by atoms with E-state index in [1.54, 1.807) is 11.3 Å². The number of carbonyl (C=O) groups excluding carboxylic acids is 1. The second-order valence-corrected chi connectivity index (χ2v) is 7.29. The summed E-state index contributed by atoms with van der Waals surface area (Å²) in [5, 5.41) is 5.19. The molecule has 1 saturated carbocycles. The van der Waals surface area contributed by atoms with Crippen LogP contribution in [-0.2, 0) is 10.2 Å². The van der Waals surface area contributed by atoms with E-state index in [1.807, 2.05) is 36.4 Å². The average molecular weight is 365 g/mol. The molecule has 0 spiro atoms. The number of carbonyl (C=O) groups is 1. The van der Waals surface area contributed by atoms with Crippen molar-refractivity contribution in [2.24, 2.45) is 5.73 Å². The molecule has 2 aromatic rings. The van der Waals surface area contributed by atoms with Gasteiger partial charge in [0.05, 0.1) is 5.41 Å². The smallest absolute Gasteiger partial charge is 0.231 e. The second kappa shape index (κ2) is 8.65. The summed E-state index contributed by atoms with van der Waals surface area (Å²) >= 11 is 1.70. The number of nitrogens with one attached hydrogen (secondary N) is 1. The average Bonchev–Trinajstić information content (AvgIpc) is 3.16. The standard InChI is InChI=1S/C19H24N2OS.ClH/c20-16(15-8-3-1-4-9-15)14-21-18(22)19(11-5-2-6-12-19)17-10-7-13-23-17;/h1,3-4,7-10,13,16H,2,5-6,11-12,14,20H2,(H,21,22);1H. The fourth-order valence-corrected chi connectivity index (χ4v) is 4.46. The number of hydrogen-bond donors (Lipinski definition) is 2. The van der Waals surface area contributed by atoms with Crippen molar-refractivity contribution >= 4 is 29.7 Å². The number of halogens is 1. The van der Waals surface area contributed by atoms with E-state index in [2.05, 4.69) is 16.8 Å². The molecule has 3 N–H and O–H groups in total. The van der Waals surface area contributed by atoms with Crippen molar-refractivity contribution in [1.29, 1.82) is 0 Å². The van der Waals surface area contributed by atoms with Gasteiger partial charge in [-0.3, -0.25) is 4.79 Å². The zero-order valence-electron chi connectivity index (χ0n) is 13.7. The molecule has 0 saturated heterocycles. The maximum absolute atomic E-state index is 13.0. The van der Waals surface area contributed by atoms with E-state index in [0.717, 1.165) is 31.2 Å². The Kier molecular flexibility index (Phi) is 6.84. The summed E-state index contributed by atoms with van der Waals surface area (Å²) in [6, 6.07) is 13.9. The summed E-state index contributed by atoms with van der Waals surface area (Å²) in [5.41, 5.74) is 6.94. The van der Waals surface area contributed by atoms with Crippen LogP contribution >= 0.6 is 23.7 Å². The summed E-state index contributed by atoms with van der Waals surface area (Å²) < 4.78 is 0. The van der Waals surface area contributed by atoms with Crippen LogP contribution in [0.1, 0.15) is 48.6 Å². The van der Waals surface area contributed by atoms with Crippen LogP contribution in [0.3, 0.4) is 0 Å². The van der Waals surface area contributed by atoms with Gasteiger partial charge in [-0.15, -0.1) is 23.7 Å². The molecule has 1 fully saturated rings. The second-order valence-electron chi connectivity index (χ2n) is 6.35. The zero-order valence-corrected chi connectivity index (χ0v) is 15.4. The van der Waals surface area contributed by atoms with Crippen LogP contribution < -0.4 is 11.1 Å². The van der Waals surface area contributed by atoms with Crippen molar-refractivity contribution < 1.29 is 4.79 Å². The topological polar surface area (TPSA) is 55.1 Å². The first-order valence-electron chi connectivity index (χ1n) is 8.35. The van der Waals surface area contributed by atoms with Gasteiger partial charge in [0.15, 0.2) is 0 Å². The molecule has 1 aromatic carbocycles. The first-order chi connectivity index (χ1) is 11.2. The van der Waals surface area contributed by atoms with Crippen LogP contribution in [0, 0.1) is 0 Å². The number of amides is 1. The monoisotopic (exact) mass is 364 g/mol. The van der Waals surface area contributed by atoms with Gasteiger partial charge in [0, 0.05) is 17.5 Å². The normalized spacial score (nSPS) is 17.5. The van der Waals surface area contributed by atoms with Gasteiger partial charge >= 0.3 is 0 Å². The molecule has 3 rings (SSSR count). The molecular weight excluding hydrogens is 340 g/mol. The van der Waals surface area contributed by atoms with Crippen molar-refractivity contribution in [3.05, 3.63) is 58.3 Å². The number of benzene rings is 1. The summed E-state index contributed by atoms with van der Waals surface area (Å²) in [7, 11) is 0. The van der Waals surface area contributed by atoms with Crippen molar-refractivity contribution in [3.8, 4) is 0 Å². The molecule has 0 radical (unpaired) electrons. The molecule has 24 heavy (non-hydrogen) atoms. The molecule has 1 heterocycles. The lowest BCUT2D eigenvalue weighted by molar-refractivity contribution is -0.128. The van der Waals surface area contributed by atoms with E-state index in [1.165, 1.54) is 11.3 Å². The Labute approximate surface area is 154 Å². The first kappa shape index (κ1) is 19.0. The number of hydrogen-bond acceptors (Lipinski definition) is 3. The van der Waals surface area contributed by atoms with Crippen LogP contribution in [0.5, 0.6) is 0 Å². The van der Waals surface area contributed by atoms with Crippen molar-refractivity contribution in [1.82, 2.24) is 5.32 Å². The van der Waals surface area contributed by atoms with E-state index in [0.29, 0.717) is 6.54 Å². The molecule has 1 atom stereocenters. The van der Waals surface area contributed by atoms with Gasteiger partial charge in [-0.25, -0.2) is 0 Å². The third-order valence-corrected chi connectivity index (χ3v) is 5.92. The van der Waals surface area contributed by atoms with Gasteiger partial charge in [-0.1, -0.05) is 55.7 Å². The molecule has 5 heteroatoms. The highest BCUT2D eigenvalue weighted by atomic mass is 35.5. The third kappa shape index (κ3) is 4.00. The van der Waals surface area contributed by atoms with Crippen molar-refractivity contribution in [2.75, 3.05) is 6.54 Å². The van der Waals surface area contributed by atoms with Crippen LogP contribution in [0.2, 0.25) is 0 Å². The predicted octanol–water partition coefficient (Wildman–Crippen LogP) is 4.19. The minimum atomic E-state index is -0.344. The van der Waals surface area contributed by atoms with E-state index in [-0.39, 0.29) is 29.8 Å². The molecule has 3 nitrogen and oxygen atoms in total. The summed E-state index contributed by atoms with van der Waals surface area (Å²) in [5.74, 6) is 0.144. The minimum absolute atomic E-state index is 0. The summed E-state index contributed by atoms with van der Waals surface area (Å²) in [4.78, 5) is 14.2. The van der Waals surface area contributed by atoms with Crippen LogP contribution in [0.15, 0.2) is 47.8 Å². The molecule has 0 aliphatic heterocycles. The lowest BCUT2D eigenvalue weighted by atomic mass is 9.72. The van der Waals surface area contributed by atoms with E-state index < -0.39 is 0 Å². The summed E-state index contributed by atoms with van der Waals surface area (Å²) in [6.45, 7) is 0.482. The maximum Gasteiger partial charge on any atom is 0.231 e. The Morgan fingerprint density at radius 1 is 1.12 bits per heavy atom. The zero-order chi connectivity index (χ0) is 16.1. The molecule has 1 amide bonds. The SMILES string of the molecule is Cl.NC(CNC(=O)C1(c2cccs2)CCCCC1)c1ccccc1. The van der Waals surface area contributed by atoms with Crippen LogP contribution in [-0.4, -0.2) is 12.5 Å².